The lowest BCUT2D eigenvalue weighted by Gasteiger charge is -1.98. The van der Waals surface area contributed by atoms with Crippen molar-refractivity contribution in [1.29, 1.82) is 0 Å². The van der Waals surface area contributed by atoms with Gasteiger partial charge in [0.1, 0.15) is 4.47 Å². The summed E-state index contributed by atoms with van der Waals surface area (Å²) in [5.74, 6) is 0. The molecule has 7 heteroatoms. The average Bonchev–Trinajstić information content (AvgIpc) is 2.09. The maximum Gasteiger partial charge on any atom is 0.266 e. The van der Waals surface area contributed by atoms with E-state index in [2.05, 4.69) is 32.5 Å². The van der Waals surface area contributed by atoms with Gasteiger partial charge in [-0.2, -0.15) is 0 Å². The predicted molar refractivity (Wildman–Crippen MR) is 49.9 cm³/mol. The molecule has 0 atom stereocenters. The van der Waals surface area contributed by atoms with Crippen LogP contribution in [0.25, 0.3) is 0 Å². The van der Waals surface area contributed by atoms with Crippen LogP contribution in [0, 0.1) is 0 Å². The first-order chi connectivity index (χ1) is 5.99. The zero-order valence-corrected chi connectivity index (χ0v) is 8.72. The molecule has 0 aliphatic heterocycles. The van der Waals surface area contributed by atoms with Gasteiger partial charge in [0.25, 0.3) is 5.56 Å². The first-order valence-corrected chi connectivity index (χ1v) is 5.43. The Hall–Kier alpha value is -0.950. The number of sulfone groups is 1. The molecule has 1 heterocycles. The van der Waals surface area contributed by atoms with Crippen LogP contribution in [0.5, 0.6) is 0 Å². The zero-order chi connectivity index (χ0) is 10.1. The molecule has 0 aliphatic rings. The molecule has 13 heavy (non-hydrogen) atoms. The van der Waals surface area contributed by atoms with E-state index in [9.17, 15) is 13.2 Å². The van der Waals surface area contributed by atoms with Crippen molar-refractivity contribution in [3.05, 3.63) is 33.1 Å². The largest absolute Gasteiger partial charge is 0.312 e. The number of halogens is 1. The van der Waals surface area contributed by atoms with Gasteiger partial charge < -0.3 is 4.98 Å². The van der Waals surface area contributed by atoms with Crippen LogP contribution in [0.4, 0.5) is 0 Å². The molecule has 0 saturated carbocycles. The minimum atomic E-state index is -3.67. The van der Waals surface area contributed by atoms with E-state index in [1.54, 1.807) is 0 Å². The molecule has 0 unspecified atom stereocenters. The second kappa shape index (κ2) is 3.43. The fourth-order valence-corrected chi connectivity index (χ4v) is 2.24. The van der Waals surface area contributed by atoms with Gasteiger partial charge in [0.2, 0.25) is 9.84 Å². The molecule has 0 aromatic carbocycles. The fraction of sp³-hybridized carbons (Fsp3) is 0. The van der Waals surface area contributed by atoms with E-state index in [-0.39, 0.29) is 9.50 Å². The Balaban J connectivity index is 3.58. The van der Waals surface area contributed by atoms with E-state index in [4.69, 9.17) is 0 Å². The van der Waals surface area contributed by atoms with Crippen molar-refractivity contribution in [1.82, 2.24) is 9.97 Å². The Labute approximate surface area is 82.6 Å². The summed E-state index contributed by atoms with van der Waals surface area (Å²) < 4.78 is 22.3. The van der Waals surface area contributed by atoms with Crippen LogP contribution < -0.4 is 5.56 Å². The smallest absolute Gasteiger partial charge is 0.266 e. The van der Waals surface area contributed by atoms with E-state index in [1.807, 2.05) is 0 Å². The van der Waals surface area contributed by atoms with Gasteiger partial charge in [-0.25, -0.2) is 13.4 Å². The molecular weight excluding hydrogens is 260 g/mol. The van der Waals surface area contributed by atoms with Gasteiger partial charge in [-0.05, 0) is 15.9 Å². The first-order valence-electron chi connectivity index (χ1n) is 3.09. The number of hydrogen-bond donors (Lipinski definition) is 1. The second-order valence-corrected chi connectivity index (χ2v) is 4.67. The molecule has 1 aromatic heterocycles. The summed E-state index contributed by atoms with van der Waals surface area (Å²) in [7, 11) is -3.67. The number of rotatable bonds is 2. The SMILES string of the molecule is C=CS(=O)(=O)c1nc[nH]c(=O)c1Br. The van der Waals surface area contributed by atoms with Crippen LogP contribution in [-0.2, 0) is 9.84 Å². The normalized spacial score (nSPS) is 11.2. The topological polar surface area (TPSA) is 79.9 Å². The van der Waals surface area contributed by atoms with E-state index in [0.29, 0.717) is 0 Å². The standard InChI is InChI=1S/C6H5BrN2O3S/c1-2-13(11,12)6-4(7)5(10)8-3-9-6/h2-3H,1H2,(H,8,9,10). The summed E-state index contributed by atoms with van der Waals surface area (Å²) in [5, 5.41) is 0.408. The number of aromatic amines is 1. The van der Waals surface area contributed by atoms with Gasteiger partial charge in [-0.3, -0.25) is 4.79 Å². The number of aromatic nitrogens is 2. The van der Waals surface area contributed by atoms with Crippen LogP contribution in [-0.4, -0.2) is 18.4 Å². The van der Waals surface area contributed by atoms with Crippen LogP contribution in [0.3, 0.4) is 0 Å². The van der Waals surface area contributed by atoms with Gasteiger partial charge in [-0.1, -0.05) is 6.58 Å². The van der Waals surface area contributed by atoms with Gasteiger partial charge >= 0.3 is 0 Å². The average molecular weight is 265 g/mol. The van der Waals surface area contributed by atoms with Gasteiger partial charge in [-0.15, -0.1) is 0 Å². The number of nitrogens with zero attached hydrogens (tertiary/aromatic N) is 1. The van der Waals surface area contributed by atoms with Crippen LogP contribution in [0.2, 0.25) is 0 Å². The van der Waals surface area contributed by atoms with E-state index in [0.717, 1.165) is 11.7 Å². The maximum absolute atomic E-state index is 11.2. The second-order valence-electron chi connectivity index (χ2n) is 2.06. The summed E-state index contributed by atoms with van der Waals surface area (Å²) in [4.78, 5) is 16.7. The lowest BCUT2D eigenvalue weighted by atomic mass is 10.7. The predicted octanol–water partition coefficient (Wildman–Crippen LogP) is 0.450. The van der Waals surface area contributed by atoms with Crippen molar-refractivity contribution in [2.45, 2.75) is 5.03 Å². The van der Waals surface area contributed by atoms with Crippen molar-refractivity contribution in [2.75, 3.05) is 0 Å². The molecule has 70 valence electrons. The van der Waals surface area contributed by atoms with E-state index >= 15 is 0 Å². The highest BCUT2D eigenvalue weighted by Gasteiger charge is 2.17. The molecule has 5 nitrogen and oxygen atoms in total. The molecule has 1 rings (SSSR count). The summed E-state index contributed by atoms with van der Waals surface area (Å²) >= 11 is 2.82. The molecule has 0 radical (unpaired) electrons. The number of nitrogens with one attached hydrogen (secondary N) is 1. The summed E-state index contributed by atoms with van der Waals surface area (Å²) in [6, 6.07) is 0. The molecule has 0 fully saturated rings. The lowest BCUT2D eigenvalue weighted by molar-refractivity contribution is 0.599. The number of hydrogen-bond acceptors (Lipinski definition) is 4. The van der Waals surface area contributed by atoms with Crippen LogP contribution in [0.1, 0.15) is 0 Å². The quantitative estimate of drug-likeness (QED) is 0.787. The molecule has 0 bridgehead atoms. The summed E-state index contributed by atoms with van der Waals surface area (Å²) in [6.45, 7) is 3.12. The highest BCUT2D eigenvalue weighted by Crippen LogP contribution is 2.15. The molecule has 0 amide bonds. The van der Waals surface area contributed by atoms with E-state index in [1.165, 1.54) is 0 Å². The third-order valence-electron chi connectivity index (χ3n) is 1.25. The van der Waals surface area contributed by atoms with E-state index < -0.39 is 15.4 Å². The van der Waals surface area contributed by atoms with Crippen LogP contribution >= 0.6 is 15.9 Å². The Morgan fingerprint density at radius 3 is 2.77 bits per heavy atom. The van der Waals surface area contributed by atoms with Crippen molar-refractivity contribution in [3.63, 3.8) is 0 Å². The molecule has 0 saturated heterocycles. The Kier molecular flexibility index (Phi) is 2.67. The maximum atomic E-state index is 11.2. The molecule has 1 N–H and O–H groups in total. The summed E-state index contributed by atoms with van der Waals surface area (Å²) in [5.41, 5.74) is -0.546. The van der Waals surface area contributed by atoms with Crippen molar-refractivity contribution >= 4 is 25.8 Å². The minimum absolute atomic E-state index is 0.116. The number of H-pyrrole nitrogens is 1. The third kappa shape index (κ3) is 1.86. The Morgan fingerprint density at radius 1 is 1.62 bits per heavy atom. The van der Waals surface area contributed by atoms with Crippen molar-refractivity contribution < 1.29 is 8.42 Å². The van der Waals surface area contributed by atoms with Crippen molar-refractivity contribution in [2.24, 2.45) is 0 Å². The van der Waals surface area contributed by atoms with Crippen molar-refractivity contribution in [3.8, 4) is 0 Å². The van der Waals surface area contributed by atoms with Gasteiger partial charge in [0, 0.05) is 5.41 Å². The minimum Gasteiger partial charge on any atom is -0.312 e. The Bertz CT molecular complexity index is 491. The lowest BCUT2D eigenvalue weighted by Crippen LogP contribution is -2.13. The molecule has 0 aliphatic carbocycles. The zero-order valence-electron chi connectivity index (χ0n) is 6.32. The molecular formula is C6H5BrN2O3S. The Morgan fingerprint density at radius 2 is 2.23 bits per heavy atom. The van der Waals surface area contributed by atoms with Crippen LogP contribution in [0.15, 0.2) is 32.6 Å². The molecule has 1 aromatic rings. The molecule has 0 spiro atoms. The third-order valence-corrected chi connectivity index (χ3v) is 3.54. The highest BCUT2D eigenvalue weighted by molar-refractivity contribution is 9.10. The van der Waals surface area contributed by atoms with Gasteiger partial charge in [0.15, 0.2) is 5.03 Å². The van der Waals surface area contributed by atoms with Gasteiger partial charge in [0.05, 0.1) is 6.33 Å². The fourth-order valence-electron chi connectivity index (χ4n) is 0.644. The summed E-state index contributed by atoms with van der Waals surface area (Å²) in [6.07, 6.45) is 1.02. The first kappa shape index (κ1) is 10.1. The highest BCUT2D eigenvalue weighted by atomic mass is 79.9. The monoisotopic (exact) mass is 264 g/mol.